The molecule has 1 amide bonds. The van der Waals surface area contributed by atoms with E-state index in [1.807, 2.05) is 36.4 Å². The van der Waals surface area contributed by atoms with Crippen LogP contribution < -0.4 is 19.7 Å². The Kier molecular flexibility index (Phi) is 3.94. The summed E-state index contributed by atoms with van der Waals surface area (Å²) in [5.74, 6) is 1.32. The molecule has 6 heteroatoms. The molecule has 0 aliphatic carbocycles. The molecule has 1 N–H and O–H groups in total. The van der Waals surface area contributed by atoms with Crippen molar-refractivity contribution in [3.63, 3.8) is 0 Å². The van der Waals surface area contributed by atoms with Crippen LogP contribution in [0.15, 0.2) is 36.4 Å². The van der Waals surface area contributed by atoms with Crippen LogP contribution in [0.5, 0.6) is 11.5 Å². The van der Waals surface area contributed by atoms with E-state index in [4.69, 9.17) is 21.1 Å². The zero-order valence-corrected chi connectivity index (χ0v) is 13.8. The van der Waals surface area contributed by atoms with Gasteiger partial charge in [0, 0.05) is 19.5 Å². The number of nitrogens with zero attached hydrogens (tertiary/aromatic N) is 1. The summed E-state index contributed by atoms with van der Waals surface area (Å²) in [6, 6.07) is 11.7. The standard InChI is InChI=1S/C18H17ClN2O3/c19-13-9-12(10-16-18(13)24-8-7-23-16)11-21-6-5-17(22)20-14-3-1-2-4-15(14)21/h1-4,9-10H,5-8,11H2,(H,20,22). The van der Waals surface area contributed by atoms with E-state index in [-0.39, 0.29) is 5.91 Å². The van der Waals surface area contributed by atoms with Crippen molar-refractivity contribution in [3.8, 4) is 11.5 Å². The van der Waals surface area contributed by atoms with Crippen LogP contribution in [0.25, 0.3) is 0 Å². The lowest BCUT2D eigenvalue weighted by Gasteiger charge is -2.26. The molecule has 0 fully saturated rings. The van der Waals surface area contributed by atoms with Gasteiger partial charge < -0.3 is 19.7 Å². The third-order valence-corrected chi connectivity index (χ3v) is 4.44. The Morgan fingerprint density at radius 2 is 2.00 bits per heavy atom. The van der Waals surface area contributed by atoms with E-state index in [9.17, 15) is 4.79 Å². The minimum absolute atomic E-state index is 0.0326. The molecule has 0 radical (unpaired) electrons. The van der Waals surface area contributed by atoms with E-state index in [0.29, 0.717) is 49.2 Å². The van der Waals surface area contributed by atoms with Crippen LogP contribution in [0.4, 0.5) is 11.4 Å². The number of fused-ring (bicyclic) bond motifs is 2. The molecule has 0 aromatic heterocycles. The second kappa shape index (κ2) is 6.24. The molecule has 0 saturated carbocycles. The second-order valence-corrected chi connectivity index (χ2v) is 6.25. The first kappa shape index (κ1) is 15.1. The van der Waals surface area contributed by atoms with Gasteiger partial charge in [0.25, 0.3) is 0 Å². The molecule has 2 aromatic rings. The third-order valence-electron chi connectivity index (χ3n) is 4.16. The first-order valence-electron chi connectivity index (χ1n) is 7.92. The van der Waals surface area contributed by atoms with Crippen molar-refractivity contribution in [2.45, 2.75) is 13.0 Å². The number of nitrogens with one attached hydrogen (secondary N) is 1. The van der Waals surface area contributed by atoms with Crippen molar-refractivity contribution in [2.75, 3.05) is 30.0 Å². The maximum Gasteiger partial charge on any atom is 0.226 e. The van der Waals surface area contributed by atoms with E-state index >= 15 is 0 Å². The van der Waals surface area contributed by atoms with E-state index in [0.717, 1.165) is 16.9 Å². The normalized spacial score (nSPS) is 16.2. The lowest BCUT2D eigenvalue weighted by Crippen LogP contribution is -2.24. The Hall–Kier alpha value is -2.40. The number of hydrogen-bond acceptors (Lipinski definition) is 4. The topological polar surface area (TPSA) is 50.8 Å². The Morgan fingerprint density at radius 3 is 2.92 bits per heavy atom. The van der Waals surface area contributed by atoms with Crippen molar-refractivity contribution in [2.24, 2.45) is 0 Å². The maximum atomic E-state index is 11.9. The molecule has 2 heterocycles. The highest BCUT2D eigenvalue weighted by molar-refractivity contribution is 6.32. The Balaban J connectivity index is 1.66. The molecule has 5 nitrogen and oxygen atoms in total. The largest absolute Gasteiger partial charge is 0.486 e. The SMILES string of the molecule is O=C1CCN(Cc2cc(Cl)c3c(c2)OCCO3)c2ccccc2N1. The molecular weight excluding hydrogens is 328 g/mol. The second-order valence-electron chi connectivity index (χ2n) is 5.84. The molecular formula is C18H17ClN2O3. The van der Waals surface area contributed by atoms with Gasteiger partial charge >= 0.3 is 0 Å². The molecule has 124 valence electrons. The number of hydrogen-bond donors (Lipinski definition) is 1. The first-order chi connectivity index (χ1) is 11.7. The quantitative estimate of drug-likeness (QED) is 0.906. The molecule has 2 aliphatic rings. The minimum Gasteiger partial charge on any atom is -0.486 e. The summed E-state index contributed by atoms with van der Waals surface area (Å²) in [6.07, 6.45) is 0.451. The fourth-order valence-corrected chi connectivity index (χ4v) is 3.35. The van der Waals surface area contributed by atoms with Crippen molar-refractivity contribution in [3.05, 3.63) is 47.0 Å². The molecule has 0 saturated heterocycles. The lowest BCUT2D eigenvalue weighted by atomic mass is 10.1. The number of halogens is 1. The highest BCUT2D eigenvalue weighted by Gasteiger charge is 2.21. The van der Waals surface area contributed by atoms with Crippen LogP contribution in [0.3, 0.4) is 0 Å². The summed E-state index contributed by atoms with van der Waals surface area (Å²) < 4.78 is 11.2. The van der Waals surface area contributed by atoms with Gasteiger partial charge in [0.15, 0.2) is 11.5 Å². The summed E-state index contributed by atoms with van der Waals surface area (Å²) in [5, 5.41) is 3.50. The van der Waals surface area contributed by atoms with Crippen molar-refractivity contribution < 1.29 is 14.3 Å². The molecule has 0 unspecified atom stereocenters. The number of rotatable bonds is 2. The van der Waals surface area contributed by atoms with Gasteiger partial charge in [-0.1, -0.05) is 23.7 Å². The van der Waals surface area contributed by atoms with Gasteiger partial charge in [-0.3, -0.25) is 4.79 Å². The number of anilines is 2. The van der Waals surface area contributed by atoms with E-state index in [1.165, 1.54) is 0 Å². The van der Waals surface area contributed by atoms with Crippen molar-refractivity contribution in [1.29, 1.82) is 0 Å². The van der Waals surface area contributed by atoms with Gasteiger partial charge in [-0.2, -0.15) is 0 Å². The number of carbonyl (C=O) groups is 1. The zero-order valence-electron chi connectivity index (χ0n) is 13.0. The number of para-hydroxylation sites is 2. The highest BCUT2D eigenvalue weighted by atomic mass is 35.5. The summed E-state index contributed by atoms with van der Waals surface area (Å²) >= 11 is 6.33. The van der Waals surface area contributed by atoms with Crippen LogP contribution in [0, 0.1) is 0 Å². The predicted molar refractivity (Wildman–Crippen MR) is 93.2 cm³/mol. The van der Waals surface area contributed by atoms with Gasteiger partial charge in [-0.25, -0.2) is 0 Å². The van der Waals surface area contributed by atoms with Gasteiger partial charge in [-0.15, -0.1) is 0 Å². The van der Waals surface area contributed by atoms with Gasteiger partial charge in [-0.05, 0) is 29.8 Å². The molecule has 0 bridgehead atoms. The Bertz CT molecular complexity index is 794. The molecule has 2 aliphatic heterocycles. The third kappa shape index (κ3) is 2.87. The number of benzene rings is 2. The fraction of sp³-hybridized carbons (Fsp3) is 0.278. The average molecular weight is 345 g/mol. The van der Waals surface area contributed by atoms with Gasteiger partial charge in [0.1, 0.15) is 13.2 Å². The fourth-order valence-electron chi connectivity index (χ4n) is 3.06. The summed E-state index contributed by atoms with van der Waals surface area (Å²) in [7, 11) is 0. The van der Waals surface area contributed by atoms with E-state index < -0.39 is 0 Å². The van der Waals surface area contributed by atoms with Crippen LogP contribution in [-0.2, 0) is 11.3 Å². The highest BCUT2D eigenvalue weighted by Crippen LogP contribution is 2.39. The Labute approximate surface area is 145 Å². The molecule has 24 heavy (non-hydrogen) atoms. The minimum atomic E-state index is 0.0326. The Morgan fingerprint density at radius 1 is 1.17 bits per heavy atom. The number of ether oxygens (including phenoxy) is 2. The summed E-state index contributed by atoms with van der Waals surface area (Å²) in [6.45, 7) is 2.33. The molecule has 0 atom stereocenters. The maximum absolute atomic E-state index is 11.9. The summed E-state index contributed by atoms with van der Waals surface area (Å²) in [5.41, 5.74) is 2.87. The smallest absolute Gasteiger partial charge is 0.226 e. The van der Waals surface area contributed by atoms with Crippen LogP contribution in [-0.4, -0.2) is 25.7 Å². The van der Waals surface area contributed by atoms with Gasteiger partial charge in [0.05, 0.1) is 16.4 Å². The zero-order chi connectivity index (χ0) is 16.5. The van der Waals surface area contributed by atoms with Crippen molar-refractivity contribution in [1.82, 2.24) is 0 Å². The van der Waals surface area contributed by atoms with Crippen molar-refractivity contribution >= 4 is 28.9 Å². The average Bonchev–Trinajstić information content (AvgIpc) is 2.74. The number of carbonyl (C=O) groups excluding carboxylic acids is 1. The first-order valence-corrected chi connectivity index (χ1v) is 8.30. The van der Waals surface area contributed by atoms with Crippen LogP contribution in [0.2, 0.25) is 5.02 Å². The lowest BCUT2D eigenvalue weighted by molar-refractivity contribution is -0.115. The number of amides is 1. The molecule has 2 aromatic carbocycles. The van der Waals surface area contributed by atoms with E-state index in [1.54, 1.807) is 0 Å². The van der Waals surface area contributed by atoms with Crippen LogP contribution in [0.1, 0.15) is 12.0 Å². The van der Waals surface area contributed by atoms with Gasteiger partial charge in [0.2, 0.25) is 5.91 Å². The summed E-state index contributed by atoms with van der Waals surface area (Å²) in [4.78, 5) is 14.1. The predicted octanol–water partition coefficient (Wildman–Crippen LogP) is 3.46. The molecule has 4 rings (SSSR count). The van der Waals surface area contributed by atoms with Crippen LogP contribution >= 0.6 is 11.6 Å². The monoisotopic (exact) mass is 344 g/mol. The van der Waals surface area contributed by atoms with E-state index in [2.05, 4.69) is 10.2 Å². The molecule has 0 spiro atoms.